The smallest absolute Gasteiger partial charge is 0.230 e. The standard InChI is InChI=1S/C23H31N7O/c1-17-16-29(11-10-28(17)12-13-31)20-6-7-21(24-15-20)26-23-25-14-18-8-9-30(22(18)27-23)19-4-2-3-5-19/h6-9,14-15,17,19,31H,2-5,10-13,16H2,1H3,(H,24,25,26,27)/t17-/m1/s1. The molecule has 8 nitrogen and oxygen atoms in total. The summed E-state index contributed by atoms with van der Waals surface area (Å²) >= 11 is 0. The molecule has 0 aromatic carbocycles. The summed E-state index contributed by atoms with van der Waals surface area (Å²) in [5.41, 5.74) is 2.11. The number of nitrogens with zero attached hydrogens (tertiary/aromatic N) is 6. The van der Waals surface area contributed by atoms with Gasteiger partial charge in [0.1, 0.15) is 11.5 Å². The molecule has 31 heavy (non-hydrogen) atoms. The third-order valence-electron chi connectivity index (χ3n) is 6.68. The fourth-order valence-electron chi connectivity index (χ4n) is 4.93. The second-order valence-electron chi connectivity index (χ2n) is 8.72. The maximum atomic E-state index is 9.20. The molecule has 1 aliphatic carbocycles. The van der Waals surface area contributed by atoms with Crippen LogP contribution in [0.2, 0.25) is 0 Å². The minimum absolute atomic E-state index is 0.214. The molecule has 0 radical (unpaired) electrons. The van der Waals surface area contributed by atoms with Gasteiger partial charge in [-0.15, -0.1) is 0 Å². The fraction of sp³-hybridized carbons (Fsp3) is 0.522. The summed E-state index contributed by atoms with van der Waals surface area (Å²) in [6.07, 6.45) is 11.0. The summed E-state index contributed by atoms with van der Waals surface area (Å²) < 4.78 is 2.31. The molecule has 0 unspecified atom stereocenters. The van der Waals surface area contributed by atoms with Gasteiger partial charge in [0, 0.05) is 56.0 Å². The summed E-state index contributed by atoms with van der Waals surface area (Å²) in [5, 5.41) is 13.5. The Hall–Kier alpha value is -2.71. The average molecular weight is 422 g/mol. The van der Waals surface area contributed by atoms with Crippen molar-refractivity contribution in [3.63, 3.8) is 0 Å². The van der Waals surface area contributed by atoms with Gasteiger partial charge in [0.05, 0.1) is 18.5 Å². The molecule has 1 saturated carbocycles. The number of nitrogens with one attached hydrogen (secondary N) is 1. The topological polar surface area (TPSA) is 82.3 Å². The third-order valence-corrected chi connectivity index (χ3v) is 6.68. The fourth-order valence-corrected chi connectivity index (χ4v) is 4.93. The highest BCUT2D eigenvalue weighted by atomic mass is 16.3. The van der Waals surface area contributed by atoms with E-state index in [0.717, 1.165) is 48.7 Å². The minimum Gasteiger partial charge on any atom is -0.395 e. The number of aromatic nitrogens is 4. The van der Waals surface area contributed by atoms with E-state index in [-0.39, 0.29) is 6.61 Å². The quantitative estimate of drug-likeness (QED) is 0.632. The zero-order valence-corrected chi connectivity index (χ0v) is 18.1. The van der Waals surface area contributed by atoms with Crippen molar-refractivity contribution in [2.45, 2.75) is 44.7 Å². The monoisotopic (exact) mass is 421 g/mol. The predicted octanol–water partition coefficient (Wildman–Crippen LogP) is 3.19. The van der Waals surface area contributed by atoms with Crippen molar-refractivity contribution in [2.24, 2.45) is 0 Å². The van der Waals surface area contributed by atoms with Crippen LogP contribution in [0, 0.1) is 0 Å². The highest BCUT2D eigenvalue weighted by Crippen LogP contribution is 2.32. The van der Waals surface area contributed by atoms with Crippen LogP contribution in [0.5, 0.6) is 0 Å². The first-order valence-corrected chi connectivity index (χ1v) is 11.4. The Labute approximate surface area is 182 Å². The van der Waals surface area contributed by atoms with Gasteiger partial charge in [0.25, 0.3) is 0 Å². The van der Waals surface area contributed by atoms with Crippen LogP contribution in [0.25, 0.3) is 11.0 Å². The Balaban J connectivity index is 1.27. The number of β-amino-alcohol motifs (C(OH)–C–C–N with tert-alkyl or cyclic N) is 1. The number of aliphatic hydroxyl groups is 1. The maximum Gasteiger partial charge on any atom is 0.230 e. The highest BCUT2D eigenvalue weighted by Gasteiger charge is 2.23. The highest BCUT2D eigenvalue weighted by molar-refractivity contribution is 5.77. The van der Waals surface area contributed by atoms with E-state index in [4.69, 9.17) is 4.98 Å². The van der Waals surface area contributed by atoms with Gasteiger partial charge in [-0.3, -0.25) is 4.90 Å². The van der Waals surface area contributed by atoms with E-state index in [1.165, 1.54) is 25.7 Å². The van der Waals surface area contributed by atoms with Crippen molar-refractivity contribution >= 4 is 28.5 Å². The van der Waals surface area contributed by atoms with E-state index in [0.29, 0.717) is 18.0 Å². The molecule has 1 saturated heterocycles. The number of hydrogen-bond donors (Lipinski definition) is 2. The van der Waals surface area contributed by atoms with Gasteiger partial charge in [-0.1, -0.05) is 12.8 Å². The summed E-state index contributed by atoms with van der Waals surface area (Å²) in [6, 6.07) is 7.16. The van der Waals surface area contributed by atoms with Crippen LogP contribution in [-0.2, 0) is 0 Å². The third kappa shape index (κ3) is 4.22. The van der Waals surface area contributed by atoms with Crippen LogP contribution in [0.3, 0.4) is 0 Å². The molecule has 0 bridgehead atoms. The van der Waals surface area contributed by atoms with Crippen LogP contribution in [-0.4, -0.2) is 68.4 Å². The lowest BCUT2D eigenvalue weighted by atomic mass is 10.2. The zero-order valence-electron chi connectivity index (χ0n) is 18.1. The van der Waals surface area contributed by atoms with Crippen LogP contribution >= 0.6 is 0 Å². The van der Waals surface area contributed by atoms with Gasteiger partial charge in [-0.2, -0.15) is 4.98 Å². The number of hydrogen-bond acceptors (Lipinski definition) is 7. The molecule has 2 fully saturated rings. The molecular weight excluding hydrogens is 390 g/mol. The average Bonchev–Trinajstić information content (AvgIpc) is 3.45. The van der Waals surface area contributed by atoms with Crippen molar-refractivity contribution in [3.05, 3.63) is 36.8 Å². The van der Waals surface area contributed by atoms with E-state index in [9.17, 15) is 5.11 Å². The molecule has 4 heterocycles. The van der Waals surface area contributed by atoms with Gasteiger partial charge < -0.3 is 19.9 Å². The molecule has 1 atom stereocenters. The Morgan fingerprint density at radius 3 is 2.71 bits per heavy atom. The lowest BCUT2D eigenvalue weighted by molar-refractivity contribution is 0.146. The Kier molecular flexibility index (Phi) is 5.74. The number of rotatable bonds is 6. The number of anilines is 3. The molecule has 1 aliphatic heterocycles. The van der Waals surface area contributed by atoms with Crippen LogP contribution in [0.1, 0.15) is 38.6 Å². The van der Waals surface area contributed by atoms with E-state index in [1.54, 1.807) is 0 Å². The Morgan fingerprint density at radius 1 is 1.10 bits per heavy atom. The van der Waals surface area contributed by atoms with Crippen molar-refractivity contribution < 1.29 is 5.11 Å². The lowest BCUT2D eigenvalue weighted by Gasteiger charge is -2.40. The molecular formula is C23H31N7O. The Morgan fingerprint density at radius 2 is 1.97 bits per heavy atom. The number of pyridine rings is 1. The molecule has 8 heteroatoms. The molecule has 3 aromatic rings. The van der Waals surface area contributed by atoms with Gasteiger partial charge in [-0.25, -0.2) is 9.97 Å². The first kappa shape index (κ1) is 20.2. The van der Waals surface area contributed by atoms with Gasteiger partial charge in [0.2, 0.25) is 5.95 Å². The largest absolute Gasteiger partial charge is 0.395 e. The van der Waals surface area contributed by atoms with E-state index < -0.39 is 0 Å². The molecule has 0 amide bonds. The molecule has 2 aliphatic rings. The van der Waals surface area contributed by atoms with E-state index >= 15 is 0 Å². The van der Waals surface area contributed by atoms with Crippen molar-refractivity contribution in [2.75, 3.05) is 43.0 Å². The van der Waals surface area contributed by atoms with Crippen LogP contribution < -0.4 is 10.2 Å². The molecule has 0 spiro atoms. The van der Waals surface area contributed by atoms with Crippen molar-refractivity contribution in [1.82, 2.24) is 24.4 Å². The zero-order chi connectivity index (χ0) is 21.2. The second kappa shape index (κ2) is 8.80. The molecule has 3 aromatic heterocycles. The lowest BCUT2D eigenvalue weighted by Crippen LogP contribution is -2.52. The van der Waals surface area contributed by atoms with E-state index in [1.807, 2.05) is 18.5 Å². The van der Waals surface area contributed by atoms with Gasteiger partial charge in [-0.05, 0) is 38.0 Å². The normalized spacial score (nSPS) is 20.6. The number of fused-ring (bicyclic) bond motifs is 1. The first-order chi connectivity index (χ1) is 15.2. The first-order valence-electron chi connectivity index (χ1n) is 11.4. The summed E-state index contributed by atoms with van der Waals surface area (Å²) in [7, 11) is 0. The molecule has 2 N–H and O–H groups in total. The molecule has 5 rings (SSSR count). The minimum atomic E-state index is 0.214. The SMILES string of the molecule is C[C@@H]1CN(c2ccc(Nc3ncc4ccn(C5CCCC5)c4n3)nc2)CCN1CCO. The number of piperazine rings is 1. The summed E-state index contributed by atoms with van der Waals surface area (Å²) in [5.74, 6) is 1.32. The maximum absolute atomic E-state index is 9.20. The van der Waals surface area contributed by atoms with Crippen LogP contribution in [0.15, 0.2) is 36.8 Å². The van der Waals surface area contributed by atoms with Crippen LogP contribution in [0.4, 0.5) is 17.5 Å². The Bertz CT molecular complexity index is 1010. The van der Waals surface area contributed by atoms with Gasteiger partial charge >= 0.3 is 0 Å². The summed E-state index contributed by atoms with van der Waals surface area (Å²) in [6.45, 7) is 6.00. The summed E-state index contributed by atoms with van der Waals surface area (Å²) in [4.78, 5) is 18.6. The second-order valence-corrected chi connectivity index (χ2v) is 8.72. The molecule has 164 valence electrons. The van der Waals surface area contributed by atoms with E-state index in [2.05, 4.69) is 54.9 Å². The predicted molar refractivity (Wildman–Crippen MR) is 123 cm³/mol. The van der Waals surface area contributed by atoms with Crippen molar-refractivity contribution in [1.29, 1.82) is 0 Å². The van der Waals surface area contributed by atoms with Gasteiger partial charge in [0.15, 0.2) is 0 Å². The number of aliphatic hydroxyl groups excluding tert-OH is 1. The van der Waals surface area contributed by atoms with Crippen molar-refractivity contribution in [3.8, 4) is 0 Å².